The fraction of sp³-hybridized carbons (Fsp3) is 0.529. The molecule has 2 amide bonds. The Labute approximate surface area is 133 Å². The summed E-state index contributed by atoms with van der Waals surface area (Å²) >= 11 is 3.51. The zero-order valence-corrected chi connectivity index (χ0v) is 13.8. The summed E-state index contributed by atoms with van der Waals surface area (Å²) in [5.74, 6) is 0.197. The molecular weight excluding hydrogens is 330 g/mol. The van der Waals surface area contributed by atoms with E-state index in [2.05, 4.69) is 33.4 Å². The molecule has 2 fully saturated rings. The summed E-state index contributed by atoms with van der Waals surface area (Å²) in [5, 5.41) is 2.54. The summed E-state index contributed by atoms with van der Waals surface area (Å²) in [6.45, 7) is 2.04. The van der Waals surface area contributed by atoms with Gasteiger partial charge in [-0.3, -0.25) is 14.9 Å². The van der Waals surface area contributed by atoms with Crippen molar-refractivity contribution in [2.75, 3.05) is 0 Å². The first-order chi connectivity index (χ1) is 10.1. The molecule has 1 aliphatic heterocycles. The lowest BCUT2D eigenvalue weighted by Gasteiger charge is -2.34. The van der Waals surface area contributed by atoms with Crippen LogP contribution in [0.1, 0.15) is 49.1 Å². The van der Waals surface area contributed by atoms with Gasteiger partial charge in [-0.25, -0.2) is 0 Å². The quantitative estimate of drug-likeness (QED) is 0.827. The summed E-state index contributed by atoms with van der Waals surface area (Å²) in [4.78, 5) is 24.2. The van der Waals surface area contributed by atoms with E-state index in [0.29, 0.717) is 12.3 Å². The maximum absolute atomic E-state index is 12.4. The molecule has 0 radical (unpaired) electrons. The number of hydrogen-bond acceptors (Lipinski definition) is 2. The summed E-state index contributed by atoms with van der Waals surface area (Å²) in [6, 6.07) is 6.19. The van der Waals surface area contributed by atoms with Gasteiger partial charge in [-0.1, -0.05) is 40.9 Å². The van der Waals surface area contributed by atoms with Crippen molar-refractivity contribution in [1.29, 1.82) is 0 Å². The number of nitrogens with one attached hydrogen (secondary N) is 1. The number of rotatable bonds is 2. The van der Waals surface area contributed by atoms with E-state index in [1.165, 1.54) is 12.8 Å². The smallest absolute Gasteiger partial charge is 0.230 e. The minimum absolute atomic E-state index is 0.0288. The number of hydrogen-bond donors (Lipinski definition) is 1. The molecule has 1 aliphatic carbocycles. The van der Waals surface area contributed by atoms with Crippen molar-refractivity contribution in [3.05, 3.63) is 33.8 Å². The highest BCUT2D eigenvalue weighted by molar-refractivity contribution is 9.10. The zero-order chi connectivity index (χ0) is 15.0. The average molecular weight is 350 g/mol. The van der Waals surface area contributed by atoms with Gasteiger partial charge in [0.1, 0.15) is 0 Å². The van der Waals surface area contributed by atoms with E-state index in [1.54, 1.807) is 0 Å². The molecule has 2 atom stereocenters. The van der Waals surface area contributed by atoms with Crippen LogP contribution in [0.4, 0.5) is 0 Å². The van der Waals surface area contributed by atoms with Crippen LogP contribution < -0.4 is 5.32 Å². The predicted octanol–water partition coefficient (Wildman–Crippen LogP) is 3.69. The molecule has 0 bridgehead atoms. The average Bonchev–Trinajstić information content (AvgIpc) is 2.94. The number of amides is 2. The Morgan fingerprint density at radius 3 is 2.57 bits per heavy atom. The first-order valence-electron chi connectivity index (χ1n) is 7.66. The van der Waals surface area contributed by atoms with E-state index in [4.69, 9.17) is 0 Å². The van der Waals surface area contributed by atoms with Gasteiger partial charge in [0.15, 0.2) is 0 Å². The van der Waals surface area contributed by atoms with Crippen molar-refractivity contribution >= 4 is 27.7 Å². The summed E-state index contributed by atoms with van der Waals surface area (Å²) < 4.78 is 1.07. The molecule has 3 nitrogen and oxygen atoms in total. The second-order valence-electron chi connectivity index (χ2n) is 6.30. The van der Waals surface area contributed by atoms with Crippen LogP contribution in [0.5, 0.6) is 0 Å². The molecule has 1 aromatic rings. The van der Waals surface area contributed by atoms with Crippen LogP contribution in [0.2, 0.25) is 0 Å². The second kappa shape index (κ2) is 5.91. The van der Waals surface area contributed by atoms with Crippen molar-refractivity contribution in [2.24, 2.45) is 11.8 Å². The van der Waals surface area contributed by atoms with Crippen molar-refractivity contribution < 1.29 is 9.59 Å². The molecule has 2 aliphatic rings. The molecule has 0 spiro atoms. The highest BCUT2D eigenvalue weighted by Gasteiger charge is 2.42. The third-order valence-corrected chi connectivity index (χ3v) is 5.81. The third kappa shape index (κ3) is 2.91. The van der Waals surface area contributed by atoms with E-state index >= 15 is 0 Å². The predicted molar refractivity (Wildman–Crippen MR) is 84.8 cm³/mol. The lowest BCUT2D eigenvalue weighted by atomic mass is 9.73. The van der Waals surface area contributed by atoms with Crippen LogP contribution in [0.25, 0.3) is 0 Å². The number of halogens is 1. The standard InChI is InChI=1S/C17H20BrNO2/c1-10-8-12(6-7-14(10)18)13-9-15(20)19-17(21)16(13)11-4-2-3-5-11/h6-8,11,13,16H,2-5,9H2,1H3,(H,19,20,21). The Morgan fingerprint density at radius 1 is 1.19 bits per heavy atom. The lowest BCUT2D eigenvalue weighted by molar-refractivity contribution is -0.138. The molecule has 1 N–H and O–H groups in total. The maximum Gasteiger partial charge on any atom is 0.230 e. The Morgan fingerprint density at radius 2 is 1.90 bits per heavy atom. The largest absolute Gasteiger partial charge is 0.296 e. The number of carbonyl (C=O) groups is 2. The Balaban J connectivity index is 1.95. The lowest BCUT2D eigenvalue weighted by Crippen LogP contribution is -2.47. The Bertz CT molecular complexity index is 578. The Hall–Kier alpha value is -1.16. The fourth-order valence-corrected chi connectivity index (χ4v) is 4.11. The minimum atomic E-state index is -0.139. The summed E-state index contributed by atoms with van der Waals surface area (Å²) in [7, 11) is 0. The zero-order valence-electron chi connectivity index (χ0n) is 12.2. The van der Waals surface area contributed by atoms with Crippen LogP contribution in [-0.4, -0.2) is 11.8 Å². The van der Waals surface area contributed by atoms with E-state index in [-0.39, 0.29) is 23.7 Å². The van der Waals surface area contributed by atoms with Gasteiger partial charge in [0.2, 0.25) is 11.8 Å². The Kier molecular flexibility index (Phi) is 4.16. The van der Waals surface area contributed by atoms with Crippen LogP contribution >= 0.6 is 15.9 Å². The molecule has 1 aromatic carbocycles. The molecule has 1 saturated heterocycles. The van der Waals surface area contributed by atoms with Crippen LogP contribution in [0.3, 0.4) is 0 Å². The van der Waals surface area contributed by atoms with Gasteiger partial charge >= 0.3 is 0 Å². The van der Waals surface area contributed by atoms with E-state index < -0.39 is 0 Å². The van der Waals surface area contributed by atoms with Gasteiger partial charge in [0, 0.05) is 22.7 Å². The summed E-state index contributed by atoms with van der Waals surface area (Å²) in [5.41, 5.74) is 2.27. The maximum atomic E-state index is 12.4. The number of carbonyl (C=O) groups excluding carboxylic acids is 2. The molecule has 1 heterocycles. The molecule has 0 aromatic heterocycles. The molecule has 21 heavy (non-hydrogen) atoms. The van der Waals surface area contributed by atoms with Gasteiger partial charge in [-0.2, -0.15) is 0 Å². The van der Waals surface area contributed by atoms with Crippen LogP contribution in [0, 0.1) is 18.8 Å². The fourth-order valence-electron chi connectivity index (χ4n) is 3.86. The van der Waals surface area contributed by atoms with Gasteiger partial charge in [-0.15, -0.1) is 0 Å². The first kappa shape index (κ1) is 14.8. The molecule has 1 saturated carbocycles. The molecular formula is C17H20BrNO2. The first-order valence-corrected chi connectivity index (χ1v) is 8.45. The van der Waals surface area contributed by atoms with Crippen LogP contribution in [0.15, 0.2) is 22.7 Å². The normalized spacial score (nSPS) is 27.0. The van der Waals surface area contributed by atoms with E-state index in [1.807, 2.05) is 13.0 Å². The molecule has 4 heteroatoms. The summed E-state index contributed by atoms with van der Waals surface area (Å²) in [6.07, 6.45) is 5.05. The third-order valence-electron chi connectivity index (χ3n) is 4.92. The number of imide groups is 1. The van der Waals surface area contributed by atoms with Gasteiger partial charge in [0.05, 0.1) is 0 Å². The van der Waals surface area contributed by atoms with Gasteiger partial charge in [-0.05, 0) is 42.9 Å². The number of piperidine rings is 1. The highest BCUT2D eigenvalue weighted by Crippen LogP contribution is 2.43. The molecule has 3 rings (SSSR count). The highest BCUT2D eigenvalue weighted by atomic mass is 79.9. The van der Waals surface area contributed by atoms with Crippen molar-refractivity contribution in [2.45, 2.75) is 44.9 Å². The monoisotopic (exact) mass is 349 g/mol. The second-order valence-corrected chi connectivity index (χ2v) is 7.16. The van der Waals surface area contributed by atoms with Crippen molar-refractivity contribution in [1.82, 2.24) is 5.32 Å². The number of aryl methyl sites for hydroxylation is 1. The van der Waals surface area contributed by atoms with Crippen molar-refractivity contribution in [3.8, 4) is 0 Å². The van der Waals surface area contributed by atoms with Gasteiger partial charge < -0.3 is 0 Å². The number of benzene rings is 1. The minimum Gasteiger partial charge on any atom is -0.296 e. The van der Waals surface area contributed by atoms with Crippen molar-refractivity contribution in [3.63, 3.8) is 0 Å². The van der Waals surface area contributed by atoms with E-state index in [9.17, 15) is 9.59 Å². The topological polar surface area (TPSA) is 46.2 Å². The SMILES string of the molecule is Cc1cc(C2CC(=O)NC(=O)C2C2CCCC2)ccc1Br. The molecule has 2 unspecified atom stereocenters. The van der Waals surface area contributed by atoms with E-state index in [0.717, 1.165) is 28.4 Å². The van der Waals surface area contributed by atoms with Gasteiger partial charge in [0.25, 0.3) is 0 Å². The molecule has 112 valence electrons. The van der Waals surface area contributed by atoms with Crippen LogP contribution in [-0.2, 0) is 9.59 Å².